The van der Waals surface area contributed by atoms with Gasteiger partial charge in [-0.05, 0) is 20.3 Å². The lowest BCUT2D eigenvalue weighted by atomic mass is 9.89. The van der Waals surface area contributed by atoms with E-state index in [9.17, 15) is 0 Å². The van der Waals surface area contributed by atoms with Crippen molar-refractivity contribution in [2.45, 2.75) is 33.1 Å². The van der Waals surface area contributed by atoms with Crippen LogP contribution in [0.5, 0.6) is 0 Å². The molecule has 0 atom stereocenters. The summed E-state index contributed by atoms with van der Waals surface area (Å²) in [5.74, 6) is 2.75. The predicted octanol–water partition coefficient (Wildman–Crippen LogP) is 2.65. The van der Waals surface area contributed by atoms with Gasteiger partial charge < -0.3 is 0 Å². The van der Waals surface area contributed by atoms with Gasteiger partial charge in [0.15, 0.2) is 0 Å². The van der Waals surface area contributed by atoms with E-state index in [1.54, 1.807) is 0 Å². The summed E-state index contributed by atoms with van der Waals surface area (Å²) in [7, 11) is 0. The number of hydrogen-bond acceptors (Lipinski definition) is 0. The Labute approximate surface area is 58.7 Å². The van der Waals surface area contributed by atoms with Crippen molar-refractivity contribution in [2.75, 3.05) is 0 Å². The van der Waals surface area contributed by atoms with Crippen molar-refractivity contribution in [1.29, 1.82) is 0 Å². The van der Waals surface area contributed by atoms with Crippen molar-refractivity contribution < 1.29 is 0 Å². The van der Waals surface area contributed by atoms with E-state index in [2.05, 4.69) is 26.7 Å². The Morgan fingerprint density at radius 2 is 2.11 bits per heavy atom. The Morgan fingerprint density at radius 1 is 1.56 bits per heavy atom. The fourth-order valence-electron chi connectivity index (χ4n) is 0.639. The SMILES string of the molecule is C#CC(C)(C)CCC[CH2]. The highest BCUT2D eigenvalue weighted by Gasteiger charge is 2.11. The minimum atomic E-state index is 0.0810. The van der Waals surface area contributed by atoms with Gasteiger partial charge in [0.2, 0.25) is 0 Å². The third-order valence-electron chi connectivity index (χ3n) is 1.44. The molecule has 0 aromatic heterocycles. The van der Waals surface area contributed by atoms with E-state index in [0.29, 0.717) is 0 Å². The van der Waals surface area contributed by atoms with Gasteiger partial charge >= 0.3 is 0 Å². The zero-order valence-electron chi connectivity index (χ0n) is 6.41. The van der Waals surface area contributed by atoms with Crippen LogP contribution >= 0.6 is 0 Å². The molecule has 0 nitrogen and oxygen atoms in total. The molecule has 0 aromatic carbocycles. The minimum Gasteiger partial charge on any atom is -0.120 e. The fourth-order valence-corrected chi connectivity index (χ4v) is 0.639. The van der Waals surface area contributed by atoms with Gasteiger partial charge in [0.1, 0.15) is 0 Å². The monoisotopic (exact) mass is 123 g/mol. The Hall–Kier alpha value is -0.440. The van der Waals surface area contributed by atoms with E-state index in [0.717, 1.165) is 19.3 Å². The van der Waals surface area contributed by atoms with Gasteiger partial charge in [-0.15, -0.1) is 12.3 Å². The molecule has 0 aliphatic carbocycles. The Bertz CT molecular complexity index is 104. The smallest absolute Gasteiger partial charge is 0.0255 e. The van der Waals surface area contributed by atoms with Crippen LogP contribution in [0.1, 0.15) is 33.1 Å². The summed E-state index contributed by atoms with van der Waals surface area (Å²) in [4.78, 5) is 0. The fraction of sp³-hybridized carbons (Fsp3) is 0.667. The highest BCUT2D eigenvalue weighted by atomic mass is 14.1. The molecule has 0 amide bonds. The standard InChI is InChI=1S/C9H15/c1-5-7-8-9(3,4)6-2/h2H,1,5,7-8H2,3-4H3. The molecule has 0 aliphatic heterocycles. The summed E-state index contributed by atoms with van der Waals surface area (Å²) in [6.45, 7) is 7.93. The van der Waals surface area contributed by atoms with E-state index in [4.69, 9.17) is 6.42 Å². The zero-order valence-corrected chi connectivity index (χ0v) is 6.41. The van der Waals surface area contributed by atoms with Crippen molar-refractivity contribution in [1.82, 2.24) is 0 Å². The second-order valence-electron chi connectivity index (χ2n) is 2.99. The highest BCUT2D eigenvalue weighted by Crippen LogP contribution is 2.20. The summed E-state index contributed by atoms with van der Waals surface area (Å²) < 4.78 is 0. The first-order valence-corrected chi connectivity index (χ1v) is 3.39. The Morgan fingerprint density at radius 3 is 2.44 bits per heavy atom. The first-order valence-electron chi connectivity index (χ1n) is 3.39. The van der Waals surface area contributed by atoms with Crippen LogP contribution in [0, 0.1) is 24.7 Å². The van der Waals surface area contributed by atoms with Crippen LogP contribution in [-0.2, 0) is 0 Å². The summed E-state index contributed by atoms with van der Waals surface area (Å²) in [5, 5.41) is 0. The number of rotatable bonds is 3. The molecule has 0 aliphatic rings. The third-order valence-corrected chi connectivity index (χ3v) is 1.44. The molecule has 0 saturated carbocycles. The topological polar surface area (TPSA) is 0 Å². The molecule has 9 heavy (non-hydrogen) atoms. The minimum absolute atomic E-state index is 0.0810. The van der Waals surface area contributed by atoms with Crippen molar-refractivity contribution in [2.24, 2.45) is 5.41 Å². The second kappa shape index (κ2) is 3.56. The van der Waals surface area contributed by atoms with Gasteiger partial charge in [-0.1, -0.05) is 19.8 Å². The molecule has 0 bridgehead atoms. The lowest BCUT2D eigenvalue weighted by Crippen LogP contribution is -2.06. The van der Waals surface area contributed by atoms with Crippen LogP contribution in [-0.4, -0.2) is 0 Å². The number of unbranched alkanes of at least 4 members (excludes halogenated alkanes) is 1. The summed E-state index contributed by atoms with van der Waals surface area (Å²) in [6.07, 6.45) is 8.49. The molecule has 0 heteroatoms. The van der Waals surface area contributed by atoms with Gasteiger partial charge in [-0.2, -0.15) is 0 Å². The van der Waals surface area contributed by atoms with E-state index >= 15 is 0 Å². The van der Waals surface area contributed by atoms with Crippen molar-refractivity contribution >= 4 is 0 Å². The molecular weight excluding hydrogens is 108 g/mol. The molecule has 0 saturated heterocycles. The van der Waals surface area contributed by atoms with E-state index in [1.807, 2.05) is 0 Å². The highest BCUT2D eigenvalue weighted by molar-refractivity contribution is 4.99. The molecule has 0 aromatic rings. The third kappa shape index (κ3) is 4.09. The average molecular weight is 123 g/mol. The number of hydrogen-bond donors (Lipinski definition) is 0. The van der Waals surface area contributed by atoms with Gasteiger partial charge in [0, 0.05) is 5.41 Å². The molecular formula is C9H15. The van der Waals surface area contributed by atoms with Crippen LogP contribution in [0.4, 0.5) is 0 Å². The normalized spacial score (nSPS) is 10.9. The molecule has 0 heterocycles. The van der Waals surface area contributed by atoms with Gasteiger partial charge in [0.25, 0.3) is 0 Å². The zero-order chi connectivity index (χ0) is 7.33. The lowest BCUT2D eigenvalue weighted by molar-refractivity contribution is 0.443. The lowest BCUT2D eigenvalue weighted by Gasteiger charge is -2.15. The van der Waals surface area contributed by atoms with E-state index in [1.165, 1.54) is 0 Å². The quantitative estimate of drug-likeness (QED) is 0.506. The number of terminal acetylenes is 1. The molecule has 0 spiro atoms. The Kier molecular flexibility index (Phi) is 3.39. The van der Waals surface area contributed by atoms with Crippen molar-refractivity contribution in [3.8, 4) is 12.3 Å². The van der Waals surface area contributed by atoms with E-state index in [-0.39, 0.29) is 5.41 Å². The second-order valence-corrected chi connectivity index (χ2v) is 2.99. The van der Waals surface area contributed by atoms with Crippen LogP contribution in [0.25, 0.3) is 0 Å². The van der Waals surface area contributed by atoms with Crippen molar-refractivity contribution in [3.05, 3.63) is 6.92 Å². The van der Waals surface area contributed by atoms with Crippen LogP contribution in [0.15, 0.2) is 0 Å². The maximum absolute atomic E-state index is 5.28. The molecule has 0 rings (SSSR count). The molecule has 0 unspecified atom stereocenters. The van der Waals surface area contributed by atoms with Gasteiger partial charge in [-0.3, -0.25) is 0 Å². The Balaban J connectivity index is 3.49. The summed E-state index contributed by atoms with van der Waals surface area (Å²) >= 11 is 0. The maximum atomic E-state index is 5.28. The van der Waals surface area contributed by atoms with Crippen molar-refractivity contribution in [3.63, 3.8) is 0 Å². The molecule has 0 fully saturated rings. The van der Waals surface area contributed by atoms with Crippen LogP contribution < -0.4 is 0 Å². The first kappa shape index (κ1) is 8.56. The summed E-state index contributed by atoms with van der Waals surface area (Å²) in [5.41, 5.74) is 0.0810. The largest absolute Gasteiger partial charge is 0.120 e. The molecule has 0 N–H and O–H groups in total. The predicted molar refractivity (Wildman–Crippen MR) is 41.8 cm³/mol. The summed E-state index contributed by atoms with van der Waals surface area (Å²) in [6, 6.07) is 0. The van der Waals surface area contributed by atoms with Gasteiger partial charge in [-0.25, -0.2) is 0 Å². The molecule has 51 valence electrons. The van der Waals surface area contributed by atoms with Gasteiger partial charge in [0.05, 0.1) is 0 Å². The van der Waals surface area contributed by atoms with Crippen LogP contribution in [0.2, 0.25) is 0 Å². The molecule has 1 radical (unpaired) electrons. The first-order chi connectivity index (χ1) is 4.12. The maximum Gasteiger partial charge on any atom is 0.0255 e. The average Bonchev–Trinajstić information content (AvgIpc) is 1.84. The van der Waals surface area contributed by atoms with E-state index < -0.39 is 0 Å². The van der Waals surface area contributed by atoms with Crippen LogP contribution in [0.3, 0.4) is 0 Å².